The Morgan fingerprint density at radius 2 is 1.72 bits per heavy atom. The Kier molecular flexibility index (Phi) is 3.98. The van der Waals surface area contributed by atoms with Gasteiger partial charge < -0.3 is 18.8 Å². The zero-order valence-electron chi connectivity index (χ0n) is 15.7. The van der Waals surface area contributed by atoms with Gasteiger partial charge in [-0.2, -0.15) is 0 Å². The van der Waals surface area contributed by atoms with Crippen LogP contribution in [0.25, 0.3) is 21.7 Å². The van der Waals surface area contributed by atoms with Gasteiger partial charge in [0.2, 0.25) is 0 Å². The number of anilines is 1. The quantitative estimate of drug-likeness (QED) is 0.293. The van der Waals surface area contributed by atoms with Gasteiger partial charge in [-0.1, -0.05) is 18.2 Å². The molecule has 29 heavy (non-hydrogen) atoms. The summed E-state index contributed by atoms with van der Waals surface area (Å²) in [5, 5.41) is 2.30. The highest BCUT2D eigenvalue weighted by atomic mass is 16.5. The fourth-order valence-electron chi connectivity index (χ4n) is 3.74. The van der Waals surface area contributed by atoms with Crippen LogP contribution in [0.5, 0.6) is 5.75 Å². The molecular formula is C23H17NO5. The number of carbonyl (C=O) groups excluding carboxylic acids is 1. The molecule has 1 aromatic heterocycles. The molecule has 144 valence electrons. The Hall–Kier alpha value is -3.80. The molecule has 0 spiro atoms. The van der Waals surface area contributed by atoms with E-state index in [0.717, 1.165) is 22.0 Å². The minimum atomic E-state index is -0.378. The fourth-order valence-corrected chi connectivity index (χ4v) is 3.74. The van der Waals surface area contributed by atoms with E-state index in [1.54, 1.807) is 18.2 Å². The molecule has 0 unspecified atom stereocenters. The summed E-state index contributed by atoms with van der Waals surface area (Å²) < 4.78 is 16.4. The number of nitrogens with zero attached hydrogens (tertiary/aromatic N) is 1. The van der Waals surface area contributed by atoms with E-state index in [4.69, 9.17) is 13.9 Å². The Balaban J connectivity index is 1.59. The van der Waals surface area contributed by atoms with Crippen molar-refractivity contribution in [3.63, 3.8) is 0 Å². The lowest BCUT2D eigenvalue weighted by Crippen LogP contribution is -2.32. The second-order valence-corrected chi connectivity index (χ2v) is 6.86. The lowest BCUT2D eigenvalue weighted by atomic mass is 10.0. The smallest absolute Gasteiger partial charge is 0.344 e. The van der Waals surface area contributed by atoms with Gasteiger partial charge in [0.15, 0.2) is 6.73 Å². The lowest BCUT2D eigenvalue weighted by molar-refractivity contribution is 0.0601. The Labute approximate surface area is 165 Å². The van der Waals surface area contributed by atoms with Crippen molar-refractivity contribution in [2.45, 2.75) is 6.54 Å². The second-order valence-electron chi connectivity index (χ2n) is 6.86. The number of rotatable bonds is 2. The molecule has 1 aliphatic rings. The molecule has 0 radical (unpaired) electrons. The third kappa shape index (κ3) is 2.81. The Morgan fingerprint density at radius 3 is 2.48 bits per heavy atom. The first kappa shape index (κ1) is 17.3. The van der Waals surface area contributed by atoms with E-state index in [-0.39, 0.29) is 11.6 Å². The van der Waals surface area contributed by atoms with Gasteiger partial charge in [0, 0.05) is 11.1 Å². The fraction of sp³-hybridized carbons (Fsp3) is 0.130. The van der Waals surface area contributed by atoms with Crippen molar-refractivity contribution in [3.05, 3.63) is 82.2 Å². The van der Waals surface area contributed by atoms with Gasteiger partial charge in [-0.15, -0.1) is 0 Å². The average molecular weight is 387 g/mol. The van der Waals surface area contributed by atoms with Gasteiger partial charge in [0.25, 0.3) is 0 Å². The van der Waals surface area contributed by atoms with Crippen molar-refractivity contribution >= 4 is 33.4 Å². The minimum absolute atomic E-state index is 0.355. The van der Waals surface area contributed by atoms with Crippen LogP contribution in [-0.2, 0) is 11.3 Å². The number of ether oxygens (including phenoxy) is 2. The molecule has 4 aromatic rings. The van der Waals surface area contributed by atoms with Gasteiger partial charge in [-0.25, -0.2) is 9.59 Å². The summed E-state index contributed by atoms with van der Waals surface area (Å²) in [6.45, 7) is 0.874. The Morgan fingerprint density at radius 1 is 0.966 bits per heavy atom. The molecule has 0 saturated heterocycles. The SMILES string of the molecule is COC(=O)c1ccc(N2COc3ccc4c(oc(=O)c5ccccc54)c3C2)cc1. The molecule has 0 saturated carbocycles. The summed E-state index contributed by atoms with van der Waals surface area (Å²) in [6.07, 6.45) is 0. The van der Waals surface area contributed by atoms with E-state index in [9.17, 15) is 9.59 Å². The zero-order valence-corrected chi connectivity index (χ0v) is 15.7. The highest BCUT2D eigenvalue weighted by Crippen LogP contribution is 2.35. The van der Waals surface area contributed by atoms with Crippen LogP contribution >= 0.6 is 0 Å². The van der Waals surface area contributed by atoms with Crippen LogP contribution in [0.1, 0.15) is 15.9 Å². The molecule has 6 nitrogen and oxygen atoms in total. The second kappa shape index (κ2) is 6.67. The molecule has 0 aliphatic carbocycles. The molecule has 0 fully saturated rings. The van der Waals surface area contributed by atoms with Gasteiger partial charge in [0.1, 0.15) is 11.3 Å². The molecule has 0 bridgehead atoms. The van der Waals surface area contributed by atoms with Crippen molar-refractivity contribution in [2.24, 2.45) is 0 Å². The maximum absolute atomic E-state index is 12.5. The van der Waals surface area contributed by atoms with Crippen LogP contribution in [0.15, 0.2) is 69.9 Å². The van der Waals surface area contributed by atoms with Crippen molar-refractivity contribution in [2.75, 3.05) is 18.7 Å². The van der Waals surface area contributed by atoms with E-state index in [2.05, 4.69) is 0 Å². The summed E-state index contributed by atoms with van der Waals surface area (Å²) in [4.78, 5) is 26.2. The van der Waals surface area contributed by atoms with Crippen molar-refractivity contribution < 1.29 is 18.7 Å². The average Bonchev–Trinajstić information content (AvgIpc) is 2.78. The molecule has 3 aromatic carbocycles. The van der Waals surface area contributed by atoms with E-state index >= 15 is 0 Å². The number of esters is 1. The largest absolute Gasteiger partial charge is 0.473 e. The lowest BCUT2D eigenvalue weighted by Gasteiger charge is -2.31. The first-order valence-electron chi connectivity index (χ1n) is 9.19. The van der Waals surface area contributed by atoms with Crippen LogP contribution in [0.4, 0.5) is 5.69 Å². The molecule has 0 atom stereocenters. The van der Waals surface area contributed by atoms with Gasteiger partial charge in [0.05, 0.1) is 30.2 Å². The first-order chi connectivity index (χ1) is 14.2. The van der Waals surface area contributed by atoms with Gasteiger partial charge in [-0.3, -0.25) is 0 Å². The standard InChI is InChI=1S/C23H17NO5/c1-27-22(25)14-6-8-15(9-7-14)24-12-19-20(28-13-24)11-10-17-16-4-2-3-5-18(16)23(26)29-21(17)19/h2-11H,12-13H2,1H3. The van der Waals surface area contributed by atoms with E-state index in [1.807, 2.05) is 47.4 Å². The molecule has 0 amide bonds. The van der Waals surface area contributed by atoms with Gasteiger partial charge >= 0.3 is 11.6 Å². The normalized spacial score (nSPS) is 13.2. The summed E-state index contributed by atoms with van der Waals surface area (Å²) in [5.74, 6) is 0.329. The molecule has 2 heterocycles. The van der Waals surface area contributed by atoms with Gasteiger partial charge in [-0.05, 0) is 47.9 Å². The van der Waals surface area contributed by atoms with Crippen LogP contribution in [-0.4, -0.2) is 19.8 Å². The number of carbonyl (C=O) groups is 1. The number of benzene rings is 3. The summed E-state index contributed by atoms with van der Waals surface area (Å²) >= 11 is 0. The van der Waals surface area contributed by atoms with Crippen LogP contribution in [0.2, 0.25) is 0 Å². The third-order valence-corrected chi connectivity index (χ3v) is 5.23. The highest BCUT2D eigenvalue weighted by molar-refractivity contribution is 6.05. The number of methoxy groups -OCH3 is 1. The molecule has 6 heteroatoms. The predicted molar refractivity (Wildman–Crippen MR) is 109 cm³/mol. The van der Waals surface area contributed by atoms with Crippen molar-refractivity contribution in [3.8, 4) is 5.75 Å². The zero-order chi connectivity index (χ0) is 20.0. The van der Waals surface area contributed by atoms with Crippen LogP contribution < -0.4 is 15.3 Å². The number of hydrogen-bond donors (Lipinski definition) is 0. The molecular weight excluding hydrogens is 370 g/mol. The highest BCUT2D eigenvalue weighted by Gasteiger charge is 2.23. The molecule has 5 rings (SSSR count). The monoisotopic (exact) mass is 387 g/mol. The van der Waals surface area contributed by atoms with E-state index in [0.29, 0.717) is 35.6 Å². The van der Waals surface area contributed by atoms with E-state index < -0.39 is 0 Å². The number of fused-ring (bicyclic) bond motifs is 5. The van der Waals surface area contributed by atoms with Crippen molar-refractivity contribution in [1.29, 1.82) is 0 Å². The van der Waals surface area contributed by atoms with Crippen LogP contribution in [0.3, 0.4) is 0 Å². The minimum Gasteiger partial charge on any atom is -0.473 e. The molecule has 0 N–H and O–H groups in total. The van der Waals surface area contributed by atoms with E-state index in [1.165, 1.54) is 7.11 Å². The first-order valence-corrected chi connectivity index (χ1v) is 9.19. The summed E-state index contributed by atoms with van der Waals surface area (Å²) in [5.41, 5.74) is 2.39. The third-order valence-electron chi connectivity index (χ3n) is 5.23. The van der Waals surface area contributed by atoms with Crippen molar-refractivity contribution in [1.82, 2.24) is 0 Å². The maximum atomic E-state index is 12.5. The Bertz CT molecular complexity index is 1310. The molecule has 1 aliphatic heterocycles. The summed E-state index contributed by atoms with van der Waals surface area (Å²) in [6, 6.07) is 18.4. The van der Waals surface area contributed by atoms with Crippen LogP contribution in [0, 0.1) is 0 Å². The summed E-state index contributed by atoms with van der Waals surface area (Å²) in [7, 11) is 1.36. The number of hydrogen-bond acceptors (Lipinski definition) is 6. The maximum Gasteiger partial charge on any atom is 0.344 e. The predicted octanol–water partition coefficient (Wildman–Crippen LogP) is 4.09. The topological polar surface area (TPSA) is 69.0 Å².